The number of benzene rings is 2. The SMILES string of the molecule is O=CC(c1ccc(OCc2ccccc2)cc1)c1nccs1. The zero-order chi connectivity index (χ0) is 15.2. The second kappa shape index (κ2) is 7.00. The van der Waals surface area contributed by atoms with Gasteiger partial charge < -0.3 is 9.53 Å². The predicted molar refractivity (Wildman–Crippen MR) is 87.2 cm³/mol. The molecule has 0 spiro atoms. The largest absolute Gasteiger partial charge is 0.489 e. The quantitative estimate of drug-likeness (QED) is 0.645. The van der Waals surface area contributed by atoms with Crippen molar-refractivity contribution in [2.24, 2.45) is 0 Å². The zero-order valence-corrected chi connectivity index (χ0v) is 12.7. The molecule has 0 bridgehead atoms. The van der Waals surface area contributed by atoms with Crippen LogP contribution in [0.2, 0.25) is 0 Å². The fraction of sp³-hybridized carbons (Fsp3) is 0.111. The lowest BCUT2D eigenvalue weighted by Crippen LogP contribution is -2.02. The summed E-state index contributed by atoms with van der Waals surface area (Å²) in [6.07, 6.45) is 2.65. The van der Waals surface area contributed by atoms with Gasteiger partial charge in [-0.15, -0.1) is 11.3 Å². The second-order valence-corrected chi connectivity index (χ2v) is 5.75. The van der Waals surface area contributed by atoms with E-state index in [0.717, 1.165) is 28.2 Å². The second-order valence-electron chi connectivity index (χ2n) is 4.83. The van der Waals surface area contributed by atoms with Gasteiger partial charge in [-0.05, 0) is 23.3 Å². The molecule has 3 rings (SSSR count). The standard InChI is InChI=1S/C18H15NO2S/c20-12-17(18-19-10-11-22-18)15-6-8-16(9-7-15)21-13-14-4-2-1-3-5-14/h1-12,17H,13H2. The van der Waals surface area contributed by atoms with Crippen LogP contribution in [0.4, 0.5) is 0 Å². The van der Waals surface area contributed by atoms with Gasteiger partial charge in [-0.3, -0.25) is 0 Å². The number of thiazole rings is 1. The van der Waals surface area contributed by atoms with Gasteiger partial charge in [-0.1, -0.05) is 42.5 Å². The molecule has 1 atom stereocenters. The number of carbonyl (C=O) groups excluding carboxylic acids is 1. The Hall–Kier alpha value is -2.46. The fourth-order valence-corrected chi connectivity index (χ4v) is 2.90. The van der Waals surface area contributed by atoms with Gasteiger partial charge in [0.1, 0.15) is 23.7 Å². The molecular formula is C18H15NO2S. The van der Waals surface area contributed by atoms with Crippen LogP contribution in [0.3, 0.4) is 0 Å². The van der Waals surface area contributed by atoms with Crippen LogP contribution in [-0.4, -0.2) is 11.3 Å². The number of rotatable bonds is 6. The van der Waals surface area contributed by atoms with Crippen LogP contribution >= 0.6 is 11.3 Å². The fourth-order valence-electron chi connectivity index (χ4n) is 2.18. The highest BCUT2D eigenvalue weighted by Gasteiger charge is 2.15. The van der Waals surface area contributed by atoms with Crippen molar-refractivity contribution in [3.63, 3.8) is 0 Å². The number of ether oxygens (including phenoxy) is 1. The first-order valence-electron chi connectivity index (χ1n) is 6.98. The van der Waals surface area contributed by atoms with E-state index in [-0.39, 0.29) is 5.92 Å². The number of nitrogens with zero attached hydrogens (tertiary/aromatic N) is 1. The van der Waals surface area contributed by atoms with Crippen molar-refractivity contribution < 1.29 is 9.53 Å². The highest BCUT2D eigenvalue weighted by Crippen LogP contribution is 2.26. The van der Waals surface area contributed by atoms with Gasteiger partial charge >= 0.3 is 0 Å². The monoisotopic (exact) mass is 309 g/mol. The molecule has 3 aromatic rings. The molecule has 4 heteroatoms. The maximum Gasteiger partial charge on any atom is 0.134 e. The van der Waals surface area contributed by atoms with Crippen molar-refractivity contribution in [3.05, 3.63) is 82.3 Å². The molecule has 3 nitrogen and oxygen atoms in total. The maximum absolute atomic E-state index is 11.3. The van der Waals surface area contributed by atoms with Crippen molar-refractivity contribution in [3.8, 4) is 5.75 Å². The Morgan fingerprint density at radius 3 is 2.50 bits per heavy atom. The molecule has 2 aromatic carbocycles. The third-order valence-electron chi connectivity index (χ3n) is 3.34. The molecule has 0 radical (unpaired) electrons. The number of aromatic nitrogens is 1. The summed E-state index contributed by atoms with van der Waals surface area (Å²) in [4.78, 5) is 15.6. The molecule has 1 heterocycles. The van der Waals surface area contributed by atoms with Crippen molar-refractivity contribution >= 4 is 17.6 Å². The van der Waals surface area contributed by atoms with Crippen LogP contribution in [0.1, 0.15) is 22.1 Å². The molecule has 0 N–H and O–H groups in total. The Kier molecular flexibility index (Phi) is 4.61. The molecule has 22 heavy (non-hydrogen) atoms. The van der Waals surface area contributed by atoms with Crippen LogP contribution in [-0.2, 0) is 11.4 Å². The van der Waals surface area contributed by atoms with E-state index in [2.05, 4.69) is 4.98 Å². The molecule has 1 aromatic heterocycles. The van der Waals surface area contributed by atoms with Crippen molar-refractivity contribution in [2.75, 3.05) is 0 Å². The van der Waals surface area contributed by atoms with Crippen LogP contribution in [0, 0.1) is 0 Å². The van der Waals surface area contributed by atoms with E-state index in [1.165, 1.54) is 11.3 Å². The molecule has 0 aliphatic heterocycles. The first-order valence-corrected chi connectivity index (χ1v) is 7.86. The van der Waals surface area contributed by atoms with Gasteiger partial charge in [0, 0.05) is 11.6 Å². The highest BCUT2D eigenvalue weighted by atomic mass is 32.1. The summed E-state index contributed by atoms with van der Waals surface area (Å²) in [5.74, 6) is 0.486. The lowest BCUT2D eigenvalue weighted by atomic mass is 10.0. The summed E-state index contributed by atoms with van der Waals surface area (Å²) in [5.41, 5.74) is 2.05. The van der Waals surface area contributed by atoms with Gasteiger partial charge in [0.2, 0.25) is 0 Å². The summed E-state index contributed by atoms with van der Waals surface area (Å²) in [5, 5.41) is 2.69. The van der Waals surface area contributed by atoms with E-state index >= 15 is 0 Å². The summed E-state index contributed by atoms with van der Waals surface area (Å²) < 4.78 is 5.75. The van der Waals surface area contributed by atoms with Crippen LogP contribution < -0.4 is 4.74 Å². The predicted octanol–water partition coefficient (Wildman–Crippen LogP) is 4.05. The van der Waals surface area contributed by atoms with Gasteiger partial charge in [-0.2, -0.15) is 0 Å². The molecule has 1 unspecified atom stereocenters. The number of carbonyl (C=O) groups is 1. The summed E-state index contributed by atoms with van der Waals surface area (Å²) >= 11 is 1.49. The Bertz CT molecular complexity index is 709. The smallest absolute Gasteiger partial charge is 0.134 e. The molecule has 0 fully saturated rings. The number of hydrogen-bond acceptors (Lipinski definition) is 4. The van der Waals surface area contributed by atoms with Crippen molar-refractivity contribution in [1.82, 2.24) is 4.98 Å². The molecular weight excluding hydrogens is 294 g/mol. The van der Waals surface area contributed by atoms with Gasteiger partial charge in [0.05, 0.1) is 5.92 Å². The Balaban J connectivity index is 1.68. The van der Waals surface area contributed by atoms with E-state index < -0.39 is 0 Å². The maximum atomic E-state index is 11.3. The molecule has 110 valence electrons. The average molecular weight is 309 g/mol. The minimum absolute atomic E-state index is 0.303. The molecule has 0 amide bonds. The van der Waals surface area contributed by atoms with E-state index in [0.29, 0.717) is 6.61 Å². The first-order chi connectivity index (χ1) is 10.9. The Morgan fingerprint density at radius 1 is 1.09 bits per heavy atom. The number of aldehydes is 1. The topological polar surface area (TPSA) is 39.2 Å². The normalized spacial score (nSPS) is 11.8. The minimum Gasteiger partial charge on any atom is -0.489 e. The van der Waals surface area contributed by atoms with Gasteiger partial charge in [-0.25, -0.2) is 4.98 Å². The number of hydrogen-bond donors (Lipinski definition) is 0. The lowest BCUT2D eigenvalue weighted by Gasteiger charge is -2.10. The molecule has 0 aliphatic rings. The van der Waals surface area contributed by atoms with Crippen LogP contribution in [0.25, 0.3) is 0 Å². The average Bonchev–Trinajstić information content (AvgIpc) is 3.10. The zero-order valence-electron chi connectivity index (χ0n) is 11.9. The first kappa shape index (κ1) is 14.5. The van der Waals surface area contributed by atoms with Gasteiger partial charge in [0.15, 0.2) is 0 Å². The highest BCUT2D eigenvalue weighted by molar-refractivity contribution is 7.09. The summed E-state index contributed by atoms with van der Waals surface area (Å²) in [7, 11) is 0. The molecule has 0 saturated heterocycles. The minimum atomic E-state index is -0.303. The van der Waals surface area contributed by atoms with Crippen molar-refractivity contribution in [2.45, 2.75) is 12.5 Å². The summed E-state index contributed by atoms with van der Waals surface area (Å²) in [6, 6.07) is 17.6. The lowest BCUT2D eigenvalue weighted by molar-refractivity contribution is -0.108. The Labute approximate surface area is 133 Å². The third-order valence-corrected chi connectivity index (χ3v) is 4.20. The van der Waals surface area contributed by atoms with E-state index in [1.807, 2.05) is 60.0 Å². The van der Waals surface area contributed by atoms with Crippen molar-refractivity contribution in [1.29, 1.82) is 0 Å². The molecule has 0 saturated carbocycles. The summed E-state index contributed by atoms with van der Waals surface area (Å²) in [6.45, 7) is 0.532. The Morgan fingerprint density at radius 2 is 1.86 bits per heavy atom. The van der Waals surface area contributed by atoms with Crippen LogP contribution in [0.5, 0.6) is 5.75 Å². The molecule has 0 aliphatic carbocycles. The van der Waals surface area contributed by atoms with Gasteiger partial charge in [0.25, 0.3) is 0 Å². The van der Waals surface area contributed by atoms with E-state index in [4.69, 9.17) is 4.74 Å². The third kappa shape index (κ3) is 3.40. The van der Waals surface area contributed by atoms with Crippen LogP contribution in [0.15, 0.2) is 66.2 Å². The van der Waals surface area contributed by atoms with E-state index in [1.54, 1.807) is 6.20 Å². The van der Waals surface area contributed by atoms with E-state index in [9.17, 15) is 4.79 Å².